The summed E-state index contributed by atoms with van der Waals surface area (Å²) in [6, 6.07) is 9.68. The molecule has 0 fully saturated rings. The number of nitrogens with two attached hydrogens (primary N) is 1. The molecule has 2 atom stereocenters. The van der Waals surface area contributed by atoms with Gasteiger partial charge in [-0.05, 0) is 19.4 Å². The number of aliphatic hydroxyl groups is 1. The number of rotatable bonds is 6. The summed E-state index contributed by atoms with van der Waals surface area (Å²) in [5, 5.41) is 20.3. The number of para-hydroxylation sites is 1. The molecular formula is C18H19N5O2. The number of nitrogens with zero attached hydrogens (tertiary/aromatic N) is 4. The molecule has 0 spiro atoms. The van der Waals surface area contributed by atoms with Crippen LogP contribution in [0.4, 0.5) is 0 Å². The molecular weight excluding hydrogens is 318 g/mol. The van der Waals surface area contributed by atoms with Crippen LogP contribution in [-0.2, 0) is 6.54 Å². The highest BCUT2D eigenvalue weighted by Gasteiger charge is 2.19. The number of aromatic nitrogens is 3. The lowest BCUT2D eigenvalue weighted by Gasteiger charge is -2.21. The monoisotopic (exact) mass is 337 g/mol. The van der Waals surface area contributed by atoms with E-state index in [0.29, 0.717) is 18.5 Å². The molecule has 3 aromatic rings. The molecule has 25 heavy (non-hydrogen) atoms. The van der Waals surface area contributed by atoms with Gasteiger partial charge in [-0.3, -0.25) is 4.79 Å². The van der Waals surface area contributed by atoms with Crippen molar-refractivity contribution in [3.05, 3.63) is 54.2 Å². The molecule has 0 saturated heterocycles. The molecule has 3 rings (SSSR count). The molecule has 0 aliphatic carbocycles. The Balaban J connectivity index is 1.85. The van der Waals surface area contributed by atoms with Gasteiger partial charge in [0.1, 0.15) is 11.8 Å². The topological polar surface area (TPSA) is 110 Å². The Hall–Kier alpha value is -3.11. The minimum Gasteiger partial charge on any atom is -0.391 e. The SMILES string of the molecule is CC(O)C(CCn1cc(C#N)c2ccccc21)n1cnc(C(N)=O)c1. The molecule has 7 nitrogen and oxygen atoms in total. The molecule has 1 amide bonds. The Morgan fingerprint density at radius 1 is 1.40 bits per heavy atom. The molecule has 0 saturated carbocycles. The van der Waals surface area contributed by atoms with Crippen molar-refractivity contribution in [1.82, 2.24) is 14.1 Å². The van der Waals surface area contributed by atoms with Crippen molar-refractivity contribution in [3.63, 3.8) is 0 Å². The van der Waals surface area contributed by atoms with E-state index in [1.165, 1.54) is 6.33 Å². The predicted octanol–water partition coefficient (Wildman–Crippen LogP) is 1.82. The molecule has 128 valence electrons. The van der Waals surface area contributed by atoms with Gasteiger partial charge in [-0.1, -0.05) is 18.2 Å². The number of imidazole rings is 1. The Kier molecular flexibility index (Phi) is 4.55. The van der Waals surface area contributed by atoms with E-state index < -0.39 is 12.0 Å². The zero-order valence-corrected chi connectivity index (χ0v) is 13.8. The van der Waals surface area contributed by atoms with Gasteiger partial charge in [0, 0.05) is 29.8 Å². The molecule has 2 aromatic heterocycles. The van der Waals surface area contributed by atoms with Gasteiger partial charge in [-0.25, -0.2) is 4.98 Å². The van der Waals surface area contributed by atoms with Gasteiger partial charge < -0.3 is 20.0 Å². The highest BCUT2D eigenvalue weighted by Crippen LogP contribution is 2.24. The van der Waals surface area contributed by atoms with E-state index in [1.807, 2.05) is 35.0 Å². The van der Waals surface area contributed by atoms with Crippen molar-refractivity contribution >= 4 is 16.8 Å². The molecule has 0 bridgehead atoms. The van der Waals surface area contributed by atoms with Crippen molar-refractivity contribution < 1.29 is 9.90 Å². The number of fused-ring (bicyclic) bond motifs is 1. The Labute approximate surface area is 144 Å². The van der Waals surface area contributed by atoms with Crippen LogP contribution in [0.15, 0.2) is 43.0 Å². The average Bonchev–Trinajstić information content (AvgIpc) is 3.20. The summed E-state index contributed by atoms with van der Waals surface area (Å²) >= 11 is 0. The summed E-state index contributed by atoms with van der Waals surface area (Å²) in [7, 11) is 0. The van der Waals surface area contributed by atoms with Crippen LogP contribution in [0.1, 0.15) is 35.4 Å². The first kappa shape index (κ1) is 16.7. The van der Waals surface area contributed by atoms with Crippen LogP contribution >= 0.6 is 0 Å². The van der Waals surface area contributed by atoms with E-state index in [4.69, 9.17) is 5.73 Å². The van der Waals surface area contributed by atoms with E-state index in [1.54, 1.807) is 17.7 Å². The fourth-order valence-electron chi connectivity index (χ4n) is 3.08. The second-order valence-corrected chi connectivity index (χ2v) is 6.03. The van der Waals surface area contributed by atoms with E-state index in [2.05, 4.69) is 11.1 Å². The lowest BCUT2D eigenvalue weighted by Crippen LogP contribution is -2.22. The van der Waals surface area contributed by atoms with Crippen molar-refractivity contribution in [2.45, 2.75) is 32.0 Å². The first-order valence-corrected chi connectivity index (χ1v) is 8.00. The third-order valence-corrected chi connectivity index (χ3v) is 4.37. The predicted molar refractivity (Wildman–Crippen MR) is 92.7 cm³/mol. The molecule has 0 aliphatic rings. The molecule has 7 heteroatoms. The summed E-state index contributed by atoms with van der Waals surface area (Å²) in [4.78, 5) is 15.2. The first-order valence-electron chi connectivity index (χ1n) is 8.00. The number of benzene rings is 1. The minimum absolute atomic E-state index is 0.170. The van der Waals surface area contributed by atoms with Crippen molar-refractivity contribution in [2.24, 2.45) is 5.73 Å². The third kappa shape index (κ3) is 3.25. The smallest absolute Gasteiger partial charge is 0.268 e. The normalized spacial score (nSPS) is 13.5. The van der Waals surface area contributed by atoms with E-state index in [9.17, 15) is 15.2 Å². The quantitative estimate of drug-likeness (QED) is 0.715. The molecule has 0 aliphatic heterocycles. The number of hydrogen-bond donors (Lipinski definition) is 2. The number of primary amides is 1. The molecule has 3 N–H and O–H groups in total. The number of aryl methyl sites for hydroxylation is 1. The zero-order valence-electron chi connectivity index (χ0n) is 13.8. The number of nitriles is 1. The fourth-order valence-corrected chi connectivity index (χ4v) is 3.08. The van der Waals surface area contributed by atoms with Gasteiger partial charge in [0.2, 0.25) is 0 Å². The van der Waals surface area contributed by atoms with Crippen molar-refractivity contribution in [3.8, 4) is 6.07 Å². The lowest BCUT2D eigenvalue weighted by molar-refractivity contribution is 0.0994. The number of aliphatic hydroxyl groups excluding tert-OH is 1. The summed E-state index contributed by atoms with van der Waals surface area (Å²) < 4.78 is 3.72. The van der Waals surface area contributed by atoms with Crippen LogP contribution in [-0.4, -0.2) is 31.2 Å². The summed E-state index contributed by atoms with van der Waals surface area (Å²) in [6.45, 7) is 2.31. The number of hydrogen-bond acceptors (Lipinski definition) is 4. The minimum atomic E-state index is -0.632. The van der Waals surface area contributed by atoms with Gasteiger partial charge in [0.15, 0.2) is 0 Å². The standard InChI is InChI=1S/C18H19N5O2/c1-12(24)16(23-10-15(18(20)25)21-11-23)6-7-22-9-13(8-19)14-4-2-3-5-17(14)22/h2-5,9-12,16,24H,6-7H2,1H3,(H2,20,25). The Bertz CT molecular complexity index is 948. The third-order valence-electron chi connectivity index (χ3n) is 4.37. The summed E-state index contributed by atoms with van der Waals surface area (Å²) in [6.07, 6.45) is 4.86. The first-order chi connectivity index (χ1) is 12.0. The zero-order chi connectivity index (χ0) is 18.0. The highest BCUT2D eigenvalue weighted by molar-refractivity contribution is 5.90. The van der Waals surface area contributed by atoms with Crippen LogP contribution < -0.4 is 5.73 Å². The van der Waals surface area contributed by atoms with Crippen LogP contribution in [0.3, 0.4) is 0 Å². The number of carbonyl (C=O) groups excluding carboxylic acids is 1. The number of carbonyl (C=O) groups is 1. The van der Waals surface area contributed by atoms with E-state index in [0.717, 1.165) is 10.9 Å². The van der Waals surface area contributed by atoms with Crippen LogP contribution in [0, 0.1) is 11.3 Å². The van der Waals surface area contributed by atoms with E-state index >= 15 is 0 Å². The van der Waals surface area contributed by atoms with Gasteiger partial charge in [0.25, 0.3) is 5.91 Å². The van der Waals surface area contributed by atoms with Crippen molar-refractivity contribution in [2.75, 3.05) is 0 Å². The number of amides is 1. The fraction of sp³-hybridized carbons (Fsp3) is 0.278. The maximum atomic E-state index is 11.2. The van der Waals surface area contributed by atoms with Crippen molar-refractivity contribution in [1.29, 1.82) is 5.26 Å². The van der Waals surface area contributed by atoms with Crippen LogP contribution in [0.25, 0.3) is 10.9 Å². The van der Waals surface area contributed by atoms with Gasteiger partial charge in [-0.15, -0.1) is 0 Å². The second kappa shape index (κ2) is 6.79. The largest absolute Gasteiger partial charge is 0.391 e. The molecule has 2 heterocycles. The van der Waals surface area contributed by atoms with Crippen LogP contribution in [0.2, 0.25) is 0 Å². The Morgan fingerprint density at radius 3 is 2.80 bits per heavy atom. The van der Waals surface area contributed by atoms with Gasteiger partial charge in [0.05, 0.1) is 24.0 Å². The highest BCUT2D eigenvalue weighted by atomic mass is 16.3. The van der Waals surface area contributed by atoms with Crippen LogP contribution in [0.5, 0.6) is 0 Å². The molecule has 2 unspecified atom stereocenters. The maximum absolute atomic E-state index is 11.2. The summed E-state index contributed by atoms with van der Waals surface area (Å²) in [5.74, 6) is -0.599. The molecule has 0 radical (unpaired) electrons. The average molecular weight is 337 g/mol. The summed E-state index contributed by atoms with van der Waals surface area (Å²) in [5.41, 5.74) is 7.01. The molecule has 1 aromatic carbocycles. The lowest BCUT2D eigenvalue weighted by atomic mass is 10.1. The van der Waals surface area contributed by atoms with Gasteiger partial charge >= 0.3 is 0 Å². The Morgan fingerprint density at radius 2 is 2.16 bits per heavy atom. The van der Waals surface area contributed by atoms with Gasteiger partial charge in [-0.2, -0.15) is 5.26 Å². The maximum Gasteiger partial charge on any atom is 0.268 e. The van der Waals surface area contributed by atoms with E-state index in [-0.39, 0.29) is 11.7 Å². The second-order valence-electron chi connectivity index (χ2n) is 6.03.